The van der Waals surface area contributed by atoms with E-state index in [9.17, 15) is 14.4 Å². The number of hydrogen-bond donors (Lipinski definition) is 3. The van der Waals surface area contributed by atoms with Crippen LogP contribution in [0.25, 0.3) is 16.5 Å². The number of carbonyl (C=O) groups excluding carboxylic acids is 2. The third kappa shape index (κ3) is 2.59. The zero-order valence-corrected chi connectivity index (χ0v) is 16.0. The number of rotatable bonds is 2. The number of nitrogens with one attached hydrogen (secondary N) is 2. The Kier molecular flexibility index (Phi) is 4.21. The van der Waals surface area contributed by atoms with E-state index in [1.54, 1.807) is 19.9 Å². The number of nitrogens with two attached hydrogens (primary N) is 1. The second-order valence-electron chi connectivity index (χ2n) is 7.60. The summed E-state index contributed by atoms with van der Waals surface area (Å²) in [7, 11) is 0. The van der Waals surface area contributed by atoms with E-state index in [4.69, 9.17) is 5.73 Å². The fourth-order valence-corrected chi connectivity index (χ4v) is 4.56. The van der Waals surface area contributed by atoms with Crippen LogP contribution in [0.3, 0.4) is 0 Å². The lowest BCUT2D eigenvalue weighted by molar-refractivity contribution is -0.121. The van der Waals surface area contributed by atoms with Crippen molar-refractivity contribution in [2.45, 2.75) is 51.6 Å². The molecule has 1 spiro atoms. The summed E-state index contributed by atoms with van der Waals surface area (Å²) in [5, 5.41) is 3.40. The molecule has 2 fully saturated rings. The summed E-state index contributed by atoms with van der Waals surface area (Å²) in [5.41, 5.74) is 7.08. The Bertz CT molecular complexity index is 1080. The van der Waals surface area contributed by atoms with Crippen LogP contribution >= 0.6 is 0 Å². The van der Waals surface area contributed by atoms with Gasteiger partial charge in [-0.2, -0.15) is 0 Å². The van der Waals surface area contributed by atoms with Crippen molar-refractivity contribution in [1.29, 1.82) is 0 Å². The van der Waals surface area contributed by atoms with E-state index in [1.807, 2.05) is 0 Å². The van der Waals surface area contributed by atoms with Crippen molar-refractivity contribution in [3.05, 3.63) is 39.4 Å². The van der Waals surface area contributed by atoms with Gasteiger partial charge in [-0.1, -0.05) is 6.42 Å². The molecule has 8 heteroatoms. The molecular formula is C20H23N5O3. The molecule has 2 aromatic heterocycles. The molecule has 1 saturated carbocycles. The maximum atomic E-state index is 13.2. The molecule has 2 aliphatic rings. The van der Waals surface area contributed by atoms with Gasteiger partial charge >= 0.3 is 0 Å². The number of aromatic amines is 1. The first-order valence-corrected chi connectivity index (χ1v) is 9.44. The topological polar surface area (TPSA) is 121 Å². The number of nitrogens with zero attached hydrogens (tertiary/aromatic N) is 2. The standard InChI is InChI=1S/C20H23N5O3/c1-11(16-12(2)23-14-8-15(21)22-9-13(14)18(16)27)17-19(28)24-20(25(17)10-26)6-4-3-5-7-20/h8-10H,3-7H2,1-2H3,(H2,21,22)(H,23,27)(H,24,28)/b17-11-. The summed E-state index contributed by atoms with van der Waals surface area (Å²) in [6, 6.07) is 1.60. The maximum absolute atomic E-state index is 13.2. The van der Waals surface area contributed by atoms with Crippen molar-refractivity contribution in [3.63, 3.8) is 0 Å². The minimum Gasteiger partial charge on any atom is -0.384 e. The molecule has 0 unspecified atom stereocenters. The zero-order valence-electron chi connectivity index (χ0n) is 16.0. The lowest BCUT2D eigenvalue weighted by atomic mass is 9.88. The van der Waals surface area contributed by atoms with Gasteiger partial charge in [0, 0.05) is 23.5 Å². The van der Waals surface area contributed by atoms with E-state index in [0.717, 1.165) is 19.3 Å². The van der Waals surface area contributed by atoms with Crippen LogP contribution in [-0.4, -0.2) is 32.8 Å². The molecule has 0 atom stereocenters. The van der Waals surface area contributed by atoms with Crippen LogP contribution in [0, 0.1) is 6.92 Å². The summed E-state index contributed by atoms with van der Waals surface area (Å²) in [6.07, 6.45) is 6.53. The highest BCUT2D eigenvalue weighted by molar-refractivity contribution is 6.05. The van der Waals surface area contributed by atoms with Crippen LogP contribution in [0.5, 0.6) is 0 Å². The number of aromatic nitrogens is 2. The first-order chi connectivity index (χ1) is 13.4. The van der Waals surface area contributed by atoms with Gasteiger partial charge in [0.15, 0.2) is 5.43 Å². The second kappa shape index (κ2) is 6.47. The molecule has 4 N–H and O–H groups in total. The average molecular weight is 381 g/mol. The van der Waals surface area contributed by atoms with Gasteiger partial charge in [0.2, 0.25) is 6.41 Å². The van der Waals surface area contributed by atoms with Crippen molar-refractivity contribution < 1.29 is 9.59 Å². The van der Waals surface area contributed by atoms with E-state index < -0.39 is 5.66 Å². The minimum absolute atomic E-state index is 0.244. The fourth-order valence-electron chi connectivity index (χ4n) is 4.56. The summed E-state index contributed by atoms with van der Waals surface area (Å²) in [4.78, 5) is 46.7. The number of pyridine rings is 2. The van der Waals surface area contributed by atoms with Crippen LogP contribution in [0.15, 0.2) is 22.8 Å². The Morgan fingerprint density at radius 2 is 2.00 bits per heavy atom. The largest absolute Gasteiger partial charge is 0.384 e. The van der Waals surface area contributed by atoms with Crippen molar-refractivity contribution in [3.8, 4) is 0 Å². The minimum atomic E-state index is -0.679. The molecule has 1 aliphatic heterocycles. The van der Waals surface area contributed by atoms with Crippen molar-refractivity contribution in [1.82, 2.24) is 20.2 Å². The predicted octanol–water partition coefficient (Wildman–Crippen LogP) is 1.79. The molecule has 8 nitrogen and oxygen atoms in total. The molecule has 146 valence electrons. The number of amides is 2. The van der Waals surface area contributed by atoms with E-state index in [1.165, 1.54) is 11.1 Å². The average Bonchev–Trinajstić information content (AvgIpc) is 2.92. The van der Waals surface area contributed by atoms with Crippen LogP contribution in [0.4, 0.5) is 5.82 Å². The van der Waals surface area contributed by atoms with Crippen molar-refractivity contribution >= 4 is 34.6 Å². The van der Waals surface area contributed by atoms with Crippen LogP contribution < -0.4 is 16.5 Å². The number of anilines is 1. The third-order valence-electron chi connectivity index (χ3n) is 5.87. The summed E-state index contributed by atoms with van der Waals surface area (Å²) in [6.45, 7) is 3.48. The monoisotopic (exact) mass is 381 g/mol. The molecular weight excluding hydrogens is 358 g/mol. The lowest BCUT2D eigenvalue weighted by Crippen LogP contribution is -2.52. The summed E-state index contributed by atoms with van der Waals surface area (Å²) >= 11 is 0. The molecule has 0 radical (unpaired) electrons. The molecule has 1 aliphatic carbocycles. The van der Waals surface area contributed by atoms with Gasteiger partial charge < -0.3 is 16.0 Å². The Hall–Kier alpha value is -3.16. The van der Waals surface area contributed by atoms with E-state index in [0.29, 0.717) is 52.8 Å². The van der Waals surface area contributed by atoms with Crippen LogP contribution in [0.2, 0.25) is 0 Å². The van der Waals surface area contributed by atoms with E-state index >= 15 is 0 Å². The van der Waals surface area contributed by atoms with Gasteiger partial charge in [-0.25, -0.2) is 4.98 Å². The van der Waals surface area contributed by atoms with Gasteiger partial charge in [0.05, 0.1) is 10.9 Å². The van der Waals surface area contributed by atoms with Crippen LogP contribution in [-0.2, 0) is 9.59 Å². The summed E-state index contributed by atoms with van der Waals surface area (Å²) < 4.78 is 0. The number of nitrogen functional groups attached to an aromatic ring is 1. The Morgan fingerprint density at radius 1 is 1.29 bits per heavy atom. The van der Waals surface area contributed by atoms with Gasteiger partial charge in [0.25, 0.3) is 5.91 Å². The lowest BCUT2D eigenvalue weighted by Gasteiger charge is -2.38. The number of carbonyl (C=O) groups is 2. The highest BCUT2D eigenvalue weighted by Gasteiger charge is 2.48. The van der Waals surface area contributed by atoms with Gasteiger partial charge in [-0.15, -0.1) is 0 Å². The quantitative estimate of drug-likeness (QED) is 0.541. The van der Waals surface area contributed by atoms with Crippen molar-refractivity contribution in [2.75, 3.05) is 5.73 Å². The SMILES string of the molecule is C/C(=C1\C(=O)NC2(CCCCC2)N1C=O)c1c(C)[nH]c2cc(N)ncc2c1=O. The molecule has 0 aromatic carbocycles. The maximum Gasteiger partial charge on any atom is 0.270 e. The number of fused-ring (bicyclic) bond motifs is 1. The first kappa shape index (κ1) is 18.2. The van der Waals surface area contributed by atoms with Gasteiger partial charge in [-0.3, -0.25) is 19.3 Å². The third-order valence-corrected chi connectivity index (χ3v) is 5.87. The number of H-pyrrole nitrogens is 1. The second-order valence-corrected chi connectivity index (χ2v) is 7.60. The number of allylic oxidation sites excluding steroid dienone is 1. The molecule has 2 aromatic rings. The van der Waals surface area contributed by atoms with Crippen molar-refractivity contribution in [2.24, 2.45) is 0 Å². The molecule has 28 heavy (non-hydrogen) atoms. The molecule has 3 heterocycles. The normalized spacial score (nSPS) is 20.5. The van der Waals surface area contributed by atoms with Gasteiger partial charge in [0.1, 0.15) is 17.2 Å². The number of aryl methyl sites for hydroxylation is 1. The molecule has 0 bridgehead atoms. The Morgan fingerprint density at radius 3 is 2.68 bits per heavy atom. The first-order valence-electron chi connectivity index (χ1n) is 9.44. The Labute approximate surface area is 161 Å². The number of hydrogen-bond acceptors (Lipinski definition) is 5. The van der Waals surface area contributed by atoms with E-state index in [-0.39, 0.29) is 17.0 Å². The zero-order chi connectivity index (χ0) is 20.1. The molecule has 2 amide bonds. The highest BCUT2D eigenvalue weighted by atomic mass is 16.2. The van der Waals surface area contributed by atoms with E-state index in [2.05, 4.69) is 15.3 Å². The van der Waals surface area contributed by atoms with Crippen LogP contribution in [0.1, 0.15) is 50.3 Å². The summed E-state index contributed by atoms with van der Waals surface area (Å²) in [5.74, 6) is -0.00672. The molecule has 4 rings (SSSR count). The highest BCUT2D eigenvalue weighted by Crippen LogP contribution is 2.39. The van der Waals surface area contributed by atoms with Gasteiger partial charge in [-0.05, 0) is 45.1 Å². The smallest absolute Gasteiger partial charge is 0.270 e. The predicted molar refractivity (Wildman–Crippen MR) is 106 cm³/mol. The molecule has 1 saturated heterocycles. The fraction of sp³-hybridized carbons (Fsp3) is 0.400. The Balaban J connectivity index is 1.92.